The average molecular weight is 325 g/mol. The zero-order valence-corrected chi connectivity index (χ0v) is 12.9. The van der Waals surface area contributed by atoms with E-state index in [4.69, 9.17) is 0 Å². The first-order valence-electron chi connectivity index (χ1n) is 6.34. The Morgan fingerprint density at radius 3 is 2.52 bits per heavy atom. The number of rotatable bonds is 7. The molecule has 0 aliphatic heterocycles. The third-order valence-corrected chi connectivity index (χ3v) is 5.16. The third-order valence-electron chi connectivity index (χ3n) is 2.92. The molecule has 0 saturated heterocycles. The standard InChI is InChI=1S/C14H16NO4PS/c16-14(17)13(8-12-6-7-21-10-12)15-20(18,19)9-11-4-2-1-3-5-11/h1-7,10,13H,8-9H2,(H,16,17)(H2,15,18,19). The second-order valence-electron chi connectivity index (χ2n) is 4.70. The SMILES string of the molecule is O=C(O)C(Cc1ccsc1)NP(=O)(O)Cc1ccccc1. The van der Waals surface area contributed by atoms with Gasteiger partial charge in [0.1, 0.15) is 6.04 Å². The number of carboxylic acid groups (broad SMARTS) is 1. The van der Waals surface area contributed by atoms with Crippen molar-refractivity contribution in [3.8, 4) is 0 Å². The quantitative estimate of drug-likeness (QED) is 0.681. The van der Waals surface area contributed by atoms with E-state index in [0.29, 0.717) is 5.56 Å². The normalized spacial score (nSPS) is 15.3. The van der Waals surface area contributed by atoms with Crippen LogP contribution >= 0.6 is 18.9 Å². The summed E-state index contributed by atoms with van der Waals surface area (Å²) in [4.78, 5) is 21.3. The molecule has 0 spiro atoms. The smallest absolute Gasteiger partial charge is 0.321 e. The highest BCUT2D eigenvalue weighted by Gasteiger charge is 2.28. The molecule has 1 heterocycles. The van der Waals surface area contributed by atoms with Crippen LogP contribution in [0.1, 0.15) is 11.1 Å². The van der Waals surface area contributed by atoms with E-state index >= 15 is 0 Å². The summed E-state index contributed by atoms with van der Waals surface area (Å²) >= 11 is 1.46. The van der Waals surface area contributed by atoms with Crippen LogP contribution in [0, 0.1) is 0 Å². The molecule has 2 rings (SSSR count). The van der Waals surface area contributed by atoms with Crippen LogP contribution in [0.3, 0.4) is 0 Å². The van der Waals surface area contributed by atoms with Crippen molar-refractivity contribution in [2.45, 2.75) is 18.6 Å². The predicted molar refractivity (Wildman–Crippen MR) is 82.6 cm³/mol. The van der Waals surface area contributed by atoms with Crippen molar-refractivity contribution in [1.82, 2.24) is 5.09 Å². The molecule has 2 atom stereocenters. The van der Waals surface area contributed by atoms with Crippen molar-refractivity contribution < 1.29 is 19.4 Å². The monoisotopic (exact) mass is 325 g/mol. The lowest BCUT2D eigenvalue weighted by molar-refractivity contribution is -0.139. The van der Waals surface area contributed by atoms with Gasteiger partial charge in [-0.05, 0) is 34.4 Å². The highest BCUT2D eigenvalue weighted by Crippen LogP contribution is 2.40. The number of aliphatic carboxylic acids is 1. The summed E-state index contributed by atoms with van der Waals surface area (Å²) in [6.45, 7) is 0. The molecular weight excluding hydrogens is 309 g/mol. The topological polar surface area (TPSA) is 86.6 Å². The number of benzene rings is 1. The Morgan fingerprint density at radius 1 is 1.24 bits per heavy atom. The van der Waals surface area contributed by atoms with Gasteiger partial charge in [-0.1, -0.05) is 30.3 Å². The number of thiophene rings is 1. The van der Waals surface area contributed by atoms with Crippen LogP contribution in [-0.2, 0) is 21.9 Å². The van der Waals surface area contributed by atoms with Crippen LogP contribution in [0.25, 0.3) is 0 Å². The van der Waals surface area contributed by atoms with Crippen LogP contribution in [0.5, 0.6) is 0 Å². The van der Waals surface area contributed by atoms with Crippen molar-refractivity contribution in [1.29, 1.82) is 0 Å². The molecule has 0 aliphatic rings. The lowest BCUT2D eigenvalue weighted by Crippen LogP contribution is -2.36. The average Bonchev–Trinajstić information content (AvgIpc) is 2.91. The zero-order chi connectivity index (χ0) is 15.3. The van der Waals surface area contributed by atoms with Crippen LogP contribution in [0.4, 0.5) is 0 Å². The summed E-state index contributed by atoms with van der Waals surface area (Å²) in [6.07, 6.45) is 0.0828. The summed E-state index contributed by atoms with van der Waals surface area (Å²) in [7, 11) is -3.77. The highest BCUT2D eigenvalue weighted by molar-refractivity contribution is 7.55. The molecule has 0 aliphatic carbocycles. The van der Waals surface area contributed by atoms with Gasteiger partial charge >= 0.3 is 5.97 Å². The number of nitrogens with one attached hydrogen (secondary N) is 1. The molecule has 7 heteroatoms. The van der Waals surface area contributed by atoms with Crippen LogP contribution in [-0.4, -0.2) is 22.0 Å². The molecule has 5 nitrogen and oxygen atoms in total. The Kier molecular flexibility index (Phi) is 5.31. The molecule has 2 aromatic rings. The Hall–Kier alpha value is -1.46. The van der Waals surface area contributed by atoms with E-state index in [-0.39, 0.29) is 12.6 Å². The molecule has 0 radical (unpaired) electrons. The van der Waals surface area contributed by atoms with Crippen LogP contribution in [0.15, 0.2) is 47.2 Å². The van der Waals surface area contributed by atoms with Crippen LogP contribution in [0.2, 0.25) is 0 Å². The van der Waals surface area contributed by atoms with Gasteiger partial charge in [0.25, 0.3) is 7.52 Å². The van der Waals surface area contributed by atoms with Crippen molar-refractivity contribution in [3.05, 3.63) is 58.3 Å². The Balaban J connectivity index is 2.05. The number of hydrogen-bond acceptors (Lipinski definition) is 3. The summed E-state index contributed by atoms with van der Waals surface area (Å²) in [5, 5.41) is 15.3. The summed E-state index contributed by atoms with van der Waals surface area (Å²) < 4.78 is 12.2. The number of carboxylic acids is 1. The van der Waals surface area contributed by atoms with E-state index in [1.54, 1.807) is 24.3 Å². The molecule has 21 heavy (non-hydrogen) atoms. The second-order valence-corrected chi connectivity index (χ2v) is 7.46. The van der Waals surface area contributed by atoms with Gasteiger partial charge in [-0.2, -0.15) is 11.3 Å². The Bertz CT molecular complexity index is 630. The van der Waals surface area contributed by atoms with Gasteiger partial charge < -0.3 is 10.00 Å². The zero-order valence-electron chi connectivity index (χ0n) is 11.2. The minimum absolute atomic E-state index is 0.0960. The van der Waals surface area contributed by atoms with Gasteiger partial charge in [0, 0.05) is 0 Å². The largest absolute Gasteiger partial charge is 0.480 e. The van der Waals surface area contributed by atoms with Crippen LogP contribution < -0.4 is 5.09 Å². The fourth-order valence-electron chi connectivity index (χ4n) is 1.95. The molecule has 0 amide bonds. The van der Waals surface area contributed by atoms with Crippen molar-refractivity contribution in [3.63, 3.8) is 0 Å². The molecule has 2 unspecified atom stereocenters. The van der Waals surface area contributed by atoms with E-state index in [2.05, 4.69) is 5.09 Å². The second kappa shape index (κ2) is 7.00. The lowest BCUT2D eigenvalue weighted by atomic mass is 10.1. The first kappa shape index (κ1) is 15.9. The Labute approximate surface area is 126 Å². The third kappa shape index (κ3) is 5.10. The maximum Gasteiger partial charge on any atom is 0.321 e. The summed E-state index contributed by atoms with van der Waals surface area (Å²) in [6, 6.07) is 9.56. The van der Waals surface area contributed by atoms with E-state index in [1.165, 1.54) is 11.3 Å². The lowest BCUT2D eigenvalue weighted by Gasteiger charge is -2.19. The predicted octanol–water partition coefficient (Wildman–Crippen LogP) is 2.72. The van der Waals surface area contributed by atoms with Gasteiger partial charge in [-0.15, -0.1) is 0 Å². The first-order chi connectivity index (χ1) is 9.96. The molecule has 112 valence electrons. The van der Waals surface area contributed by atoms with Gasteiger partial charge in [0.05, 0.1) is 6.16 Å². The van der Waals surface area contributed by atoms with E-state index in [0.717, 1.165) is 5.56 Å². The van der Waals surface area contributed by atoms with Gasteiger partial charge in [-0.25, -0.2) is 5.09 Å². The first-order valence-corrected chi connectivity index (χ1v) is 9.12. The molecular formula is C14H16NO4PS. The maximum absolute atomic E-state index is 12.2. The number of carbonyl (C=O) groups is 1. The minimum atomic E-state index is -3.77. The number of hydrogen-bond donors (Lipinski definition) is 3. The van der Waals surface area contributed by atoms with E-state index in [9.17, 15) is 19.4 Å². The molecule has 0 bridgehead atoms. The van der Waals surface area contributed by atoms with Crippen molar-refractivity contribution in [2.24, 2.45) is 0 Å². The molecule has 0 fully saturated rings. The van der Waals surface area contributed by atoms with Crippen molar-refractivity contribution in [2.75, 3.05) is 0 Å². The van der Waals surface area contributed by atoms with Gasteiger partial charge in [0.15, 0.2) is 0 Å². The van der Waals surface area contributed by atoms with E-state index in [1.807, 2.05) is 22.9 Å². The summed E-state index contributed by atoms with van der Waals surface area (Å²) in [5.41, 5.74) is 1.52. The highest BCUT2D eigenvalue weighted by atomic mass is 32.1. The molecule has 3 N–H and O–H groups in total. The molecule has 1 aromatic carbocycles. The fraction of sp³-hybridized carbons (Fsp3) is 0.214. The summed E-state index contributed by atoms with van der Waals surface area (Å²) in [5.74, 6) is -1.14. The van der Waals surface area contributed by atoms with Gasteiger partial charge in [0.2, 0.25) is 0 Å². The van der Waals surface area contributed by atoms with E-state index < -0.39 is 19.5 Å². The van der Waals surface area contributed by atoms with Gasteiger partial charge in [-0.3, -0.25) is 9.36 Å². The maximum atomic E-state index is 12.2. The van der Waals surface area contributed by atoms with Crippen molar-refractivity contribution >= 4 is 24.8 Å². The Morgan fingerprint density at radius 2 is 1.95 bits per heavy atom. The minimum Gasteiger partial charge on any atom is -0.480 e. The fourth-order valence-corrected chi connectivity index (χ4v) is 4.12. The molecule has 1 aromatic heterocycles. The molecule has 0 saturated carbocycles.